The highest BCUT2D eigenvalue weighted by atomic mass is 28.4. The van der Waals surface area contributed by atoms with Crippen LogP contribution in [0, 0.1) is 0 Å². The van der Waals surface area contributed by atoms with Crippen molar-refractivity contribution in [2.75, 3.05) is 0 Å². The van der Waals surface area contributed by atoms with Crippen molar-refractivity contribution in [2.24, 2.45) is 0 Å². The smallest absolute Gasteiger partial charge is 0.192 e. The average molecular weight is 188 g/mol. The van der Waals surface area contributed by atoms with Gasteiger partial charge in [0.25, 0.3) is 0 Å². The van der Waals surface area contributed by atoms with E-state index in [9.17, 15) is 0 Å². The summed E-state index contributed by atoms with van der Waals surface area (Å²) in [7, 11) is -1.49. The highest BCUT2D eigenvalue weighted by Gasteiger charge is 2.37. The van der Waals surface area contributed by atoms with Crippen LogP contribution in [0.4, 0.5) is 0 Å². The Balaban J connectivity index is 4.22. The van der Waals surface area contributed by atoms with Crippen molar-refractivity contribution in [1.82, 2.24) is 0 Å². The molecule has 74 valence electrons. The molecule has 2 heteroatoms. The van der Waals surface area contributed by atoms with Crippen molar-refractivity contribution in [2.45, 2.75) is 65.3 Å². The highest BCUT2D eigenvalue weighted by Crippen LogP contribution is 2.37. The Hall–Kier alpha value is 0.177. The minimum atomic E-state index is -1.49. The largest absolute Gasteiger partial charge is 0.414 e. The van der Waals surface area contributed by atoms with Crippen LogP contribution in [0.15, 0.2) is 0 Å². The van der Waals surface area contributed by atoms with E-state index in [1.165, 1.54) is 0 Å². The molecule has 1 atom stereocenters. The van der Waals surface area contributed by atoms with Gasteiger partial charge in [-0.3, -0.25) is 0 Å². The fraction of sp³-hybridized carbons (Fsp3) is 1.00. The molecular formula is C10H24OSi. The summed E-state index contributed by atoms with van der Waals surface area (Å²) in [5.41, 5.74) is 0. The molecule has 0 saturated heterocycles. The standard InChI is InChI=1S/C10H24OSi/c1-8-9(2)11-12(6,7)10(3,4)5/h9H,8H2,1-7H3. The van der Waals surface area contributed by atoms with Gasteiger partial charge in [-0.15, -0.1) is 0 Å². The molecule has 0 aromatic rings. The molecule has 0 aromatic heterocycles. The molecule has 0 heterocycles. The zero-order valence-electron chi connectivity index (χ0n) is 9.69. The van der Waals surface area contributed by atoms with Crippen molar-refractivity contribution < 1.29 is 4.43 Å². The first kappa shape index (κ1) is 12.2. The van der Waals surface area contributed by atoms with Crippen LogP contribution in [0.2, 0.25) is 18.1 Å². The molecule has 0 saturated carbocycles. The van der Waals surface area contributed by atoms with Gasteiger partial charge >= 0.3 is 0 Å². The third-order valence-corrected chi connectivity index (χ3v) is 7.48. The summed E-state index contributed by atoms with van der Waals surface area (Å²) in [4.78, 5) is 0. The summed E-state index contributed by atoms with van der Waals surface area (Å²) < 4.78 is 6.09. The van der Waals surface area contributed by atoms with Gasteiger partial charge in [-0.05, 0) is 31.5 Å². The first-order valence-corrected chi connectivity index (χ1v) is 7.79. The maximum absolute atomic E-state index is 6.09. The van der Waals surface area contributed by atoms with Crippen LogP contribution in [0.3, 0.4) is 0 Å². The third-order valence-electron chi connectivity index (χ3n) is 2.88. The molecule has 0 spiro atoms. The van der Waals surface area contributed by atoms with Crippen molar-refractivity contribution in [3.8, 4) is 0 Å². The van der Waals surface area contributed by atoms with Gasteiger partial charge in [0.2, 0.25) is 0 Å². The monoisotopic (exact) mass is 188 g/mol. The van der Waals surface area contributed by atoms with Crippen molar-refractivity contribution in [3.05, 3.63) is 0 Å². The van der Waals surface area contributed by atoms with Gasteiger partial charge in [-0.25, -0.2) is 0 Å². The van der Waals surface area contributed by atoms with Gasteiger partial charge < -0.3 is 4.43 Å². The van der Waals surface area contributed by atoms with Gasteiger partial charge in [0.1, 0.15) is 0 Å². The Morgan fingerprint density at radius 3 is 1.92 bits per heavy atom. The van der Waals surface area contributed by atoms with E-state index in [1.807, 2.05) is 0 Å². The predicted octanol–water partition coefficient (Wildman–Crippen LogP) is 3.81. The van der Waals surface area contributed by atoms with Crippen LogP contribution in [-0.2, 0) is 4.43 Å². The molecule has 0 rings (SSSR count). The van der Waals surface area contributed by atoms with E-state index in [2.05, 4.69) is 47.7 Å². The maximum atomic E-state index is 6.09. The molecule has 0 aromatic carbocycles. The van der Waals surface area contributed by atoms with Gasteiger partial charge in [0.05, 0.1) is 0 Å². The SMILES string of the molecule is CCC(C)O[Si](C)(C)C(C)(C)C. The molecule has 0 aliphatic heterocycles. The Bertz CT molecular complexity index is 135. The summed E-state index contributed by atoms with van der Waals surface area (Å²) in [6.07, 6.45) is 1.54. The van der Waals surface area contributed by atoms with E-state index in [0.29, 0.717) is 11.1 Å². The molecule has 0 radical (unpaired) electrons. The summed E-state index contributed by atoms with van der Waals surface area (Å²) in [6.45, 7) is 15.8. The fourth-order valence-electron chi connectivity index (χ4n) is 0.763. The molecule has 0 N–H and O–H groups in total. The topological polar surface area (TPSA) is 9.23 Å². The van der Waals surface area contributed by atoms with Crippen molar-refractivity contribution in [3.63, 3.8) is 0 Å². The van der Waals surface area contributed by atoms with Crippen LogP contribution < -0.4 is 0 Å². The summed E-state index contributed by atoms with van der Waals surface area (Å²) in [6, 6.07) is 0. The van der Waals surface area contributed by atoms with Crippen molar-refractivity contribution >= 4 is 8.32 Å². The first-order valence-electron chi connectivity index (χ1n) is 4.88. The lowest BCUT2D eigenvalue weighted by atomic mass is 10.2. The number of hydrogen-bond donors (Lipinski definition) is 0. The second kappa shape index (κ2) is 3.92. The molecular weight excluding hydrogens is 164 g/mol. The summed E-state index contributed by atoms with van der Waals surface area (Å²) in [5, 5.41) is 0.344. The van der Waals surface area contributed by atoms with Crippen LogP contribution in [0.1, 0.15) is 41.0 Å². The quantitative estimate of drug-likeness (QED) is 0.612. The lowest BCUT2D eigenvalue weighted by Gasteiger charge is -2.38. The van der Waals surface area contributed by atoms with Crippen molar-refractivity contribution in [1.29, 1.82) is 0 Å². The van der Waals surface area contributed by atoms with Crippen LogP contribution >= 0.6 is 0 Å². The Morgan fingerprint density at radius 1 is 1.25 bits per heavy atom. The Labute approximate surface area is 78.6 Å². The van der Waals surface area contributed by atoms with Gasteiger partial charge in [0.15, 0.2) is 8.32 Å². The predicted molar refractivity (Wildman–Crippen MR) is 58.0 cm³/mol. The van der Waals surface area contributed by atoms with Crippen LogP contribution in [-0.4, -0.2) is 14.4 Å². The zero-order chi connectivity index (χ0) is 9.99. The second-order valence-corrected chi connectivity index (χ2v) is 9.85. The molecule has 0 aliphatic rings. The normalized spacial score (nSPS) is 16.2. The summed E-state index contributed by atoms with van der Waals surface area (Å²) >= 11 is 0. The Morgan fingerprint density at radius 2 is 1.67 bits per heavy atom. The van der Waals surface area contributed by atoms with Crippen LogP contribution in [0.5, 0.6) is 0 Å². The third kappa shape index (κ3) is 3.28. The minimum Gasteiger partial charge on any atom is -0.414 e. The first-order chi connectivity index (χ1) is 5.20. The molecule has 0 aliphatic carbocycles. The minimum absolute atomic E-state index is 0.344. The number of rotatable bonds is 3. The molecule has 12 heavy (non-hydrogen) atoms. The zero-order valence-corrected chi connectivity index (χ0v) is 10.7. The van der Waals surface area contributed by atoms with Gasteiger partial charge in [-0.1, -0.05) is 27.7 Å². The van der Waals surface area contributed by atoms with Crippen LogP contribution in [0.25, 0.3) is 0 Å². The van der Waals surface area contributed by atoms with E-state index in [0.717, 1.165) is 6.42 Å². The van der Waals surface area contributed by atoms with Gasteiger partial charge in [0, 0.05) is 6.10 Å². The number of hydrogen-bond acceptors (Lipinski definition) is 1. The average Bonchev–Trinajstić information content (AvgIpc) is 1.84. The van der Waals surface area contributed by atoms with Gasteiger partial charge in [-0.2, -0.15) is 0 Å². The second-order valence-electron chi connectivity index (χ2n) is 5.10. The maximum Gasteiger partial charge on any atom is 0.192 e. The highest BCUT2D eigenvalue weighted by molar-refractivity contribution is 6.74. The lowest BCUT2D eigenvalue weighted by molar-refractivity contribution is 0.195. The van der Waals surface area contributed by atoms with E-state index >= 15 is 0 Å². The molecule has 1 nitrogen and oxygen atoms in total. The molecule has 0 amide bonds. The molecule has 1 unspecified atom stereocenters. The van der Waals surface area contributed by atoms with E-state index in [1.54, 1.807) is 0 Å². The van der Waals surface area contributed by atoms with E-state index in [-0.39, 0.29) is 0 Å². The fourth-order valence-corrected chi connectivity index (χ4v) is 2.29. The Kier molecular flexibility index (Phi) is 3.98. The lowest BCUT2D eigenvalue weighted by Crippen LogP contribution is -2.43. The molecule has 0 fully saturated rings. The van der Waals surface area contributed by atoms with E-state index in [4.69, 9.17) is 4.43 Å². The van der Waals surface area contributed by atoms with E-state index < -0.39 is 8.32 Å². The summed E-state index contributed by atoms with van der Waals surface area (Å²) in [5.74, 6) is 0. The molecule has 0 bridgehead atoms.